The predicted molar refractivity (Wildman–Crippen MR) is 100 cm³/mol. The number of aryl methyl sites for hydroxylation is 3. The predicted octanol–water partition coefficient (Wildman–Crippen LogP) is 4.40. The van der Waals surface area contributed by atoms with Crippen LogP contribution >= 0.6 is 0 Å². The number of benzene rings is 2. The Morgan fingerprint density at radius 1 is 0.840 bits per heavy atom. The fourth-order valence-corrected chi connectivity index (χ4v) is 2.49. The van der Waals surface area contributed by atoms with E-state index in [9.17, 15) is 4.79 Å². The molecule has 25 heavy (non-hydrogen) atoms. The van der Waals surface area contributed by atoms with Gasteiger partial charge in [-0.15, -0.1) is 0 Å². The third-order valence-electron chi connectivity index (χ3n) is 3.67. The second kappa shape index (κ2) is 7.13. The fraction of sp³-hybridized carbons (Fsp3) is 0.150. The van der Waals surface area contributed by atoms with Crippen LogP contribution in [0.1, 0.15) is 27.3 Å². The average molecular weight is 332 g/mol. The minimum Gasteiger partial charge on any atom is -0.324 e. The molecule has 3 aromatic rings. The molecule has 0 aliphatic rings. The van der Waals surface area contributed by atoms with Crippen molar-refractivity contribution in [1.29, 1.82) is 0 Å². The topological polar surface area (TPSA) is 66.9 Å². The molecule has 1 amide bonds. The van der Waals surface area contributed by atoms with Crippen molar-refractivity contribution >= 4 is 23.2 Å². The molecule has 5 nitrogen and oxygen atoms in total. The van der Waals surface area contributed by atoms with Gasteiger partial charge in [-0.1, -0.05) is 23.8 Å². The summed E-state index contributed by atoms with van der Waals surface area (Å²) in [5.41, 5.74) is 5.03. The molecule has 1 heterocycles. The summed E-state index contributed by atoms with van der Waals surface area (Å²) < 4.78 is 0. The molecule has 0 fully saturated rings. The second-order valence-corrected chi connectivity index (χ2v) is 6.00. The molecule has 1 aromatic heterocycles. The number of rotatable bonds is 4. The summed E-state index contributed by atoms with van der Waals surface area (Å²) in [6.07, 6.45) is 0. The average Bonchev–Trinajstić information content (AvgIpc) is 2.56. The van der Waals surface area contributed by atoms with Crippen LogP contribution in [0.5, 0.6) is 0 Å². The molecule has 0 aliphatic carbocycles. The van der Waals surface area contributed by atoms with E-state index >= 15 is 0 Å². The van der Waals surface area contributed by atoms with Gasteiger partial charge in [-0.25, -0.2) is 9.97 Å². The van der Waals surface area contributed by atoms with Crippen molar-refractivity contribution in [2.75, 3.05) is 10.6 Å². The summed E-state index contributed by atoms with van der Waals surface area (Å²) in [4.78, 5) is 21.2. The molecule has 0 spiro atoms. The normalized spacial score (nSPS) is 10.4. The van der Waals surface area contributed by atoms with Crippen LogP contribution in [-0.4, -0.2) is 15.9 Å². The molecule has 0 radical (unpaired) electrons. The molecule has 2 aromatic carbocycles. The summed E-state index contributed by atoms with van der Waals surface area (Å²) in [7, 11) is 0. The highest BCUT2D eigenvalue weighted by Gasteiger charge is 2.08. The Labute approximate surface area is 147 Å². The number of amides is 1. The number of hydrogen-bond acceptors (Lipinski definition) is 4. The van der Waals surface area contributed by atoms with Crippen LogP contribution in [0.3, 0.4) is 0 Å². The molecule has 0 saturated heterocycles. The number of nitrogens with one attached hydrogen (secondary N) is 2. The Morgan fingerprint density at radius 2 is 1.52 bits per heavy atom. The number of carbonyl (C=O) groups is 1. The van der Waals surface area contributed by atoms with E-state index in [0.29, 0.717) is 11.5 Å². The number of hydrogen-bond donors (Lipinski definition) is 2. The van der Waals surface area contributed by atoms with Crippen LogP contribution in [0.25, 0.3) is 0 Å². The van der Waals surface area contributed by atoms with Gasteiger partial charge in [0.1, 0.15) is 0 Å². The number of nitrogens with zero attached hydrogens (tertiary/aromatic N) is 2. The molecular formula is C20H20N4O. The number of anilines is 3. The third-order valence-corrected chi connectivity index (χ3v) is 3.67. The third kappa shape index (κ3) is 4.41. The Hall–Kier alpha value is -3.21. The monoisotopic (exact) mass is 332 g/mol. The molecule has 126 valence electrons. The van der Waals surface area contributed by atoms with Gasteiger partial charge in [-0.05, 0) is 57.2 Å². The molecule has 0 aliphatic heterocycles. The molecule has 5 heteroatoms. The summed E-state index contributed by atoms with van der Waals surface area (Å²) in [5.74, 6) is 0.363. The van der Waals surface area contributed by atoms with Gasteiger partial charge < -0.3 is 10.6 Å². The smallest absolute Gasteiger partial charge is 0.255 e. The standard InChI is InChI=1S/C20H20N4O/c1-13-7-9-17(10-8-13)23-19(25)16-5-4-6-18(12-16)24-20-21-14(2)11-15(3)22-20/h4-12H,1-3H3,(H,23,25)(H,21,22,24). The minimum atomic E-state index is -0.158. The molecule has 3 rings (SSSR count). The van der Waals surface area contributed by atoms with E-state index in [-0.39, 0.29) is 5.91 Å². The highest BCUT2D eigenvalue weighted by atomic mass is 16.1. The number of carbonyl (C=O) groups excluding carboxylic acids is 1. The Morgan fingerprint density at radius 3 is 2.20 bits per heavy atom. The first kappa shape index (κ1) is 16.6. The molecule has 0 bridgehead atoms. The van der Waals surface area contributed by atoms with E-state index < -0.39 is 0 Å². The lowest BCUT2D eigenvalue weighted by Gasteiger charge is -2.09. The van der Waals surface area contributed by atoms with E-state index in [1.54, 1.807) is 12.1 Å². The SMILES string of the molecule is Cc1ccc(NC(=O)c2cccc(Nc3nc(C)cc(C)n3)c2)cc1. The Kier molecular flexibility index (Phi) is 4.75. The first-order chi connectivity index (χ1) is 12.0. The van der Waals surface area contributed by atoms with Gasteiger partial charge in [0.2, 0.25) is 5.95 Å². The van der Waals surface area contributed by atoms with Gasteiger partial charge in [0.25, 0.3) is 5.91 Å². The molecule has 0 unspecified atom stereocenters. The maximum atomic E-state index is 12.4. The van der Waals surface area contributed by atoms with Crippen molar-refractivity contribution in [2.45, 2.75) is 20.8 Å². The molecular weight excluding hydrogens is 312 g/mol. The van der Waals surface area contributed by atoms with Gasteiger partial charge in [-0.3, -0.25) is 4.79 Å². The first-order valence-electron chi connectivity index (χ1n) is 8.07. The van der Waals surface area contributed by atoms with E-state index in [4.69, 9.17) is 0 Å². The first-order valence-corrected chi connectivity index (χ1v) is 8.07. The lowest BCUT2D eigenvalue weighted by atomic mass is 10.1. The van der Waals surface area contributed by atoms with Crippen molar-refractivity contribution < 1.29 is 4.79 Å². The van der Waals surface area contributed by atoms with E-state index in [1.807, 2.05) is 63.2 Å². The van der Waals surface area contributed by atoms with E-state index in [1.165, 1.54) is 0 Å². The van der Waals surface area contributed by atoms with Gasteiger partial charge in [-0.2, -0.15) is 0 Å². The van der Waals surface area contributed by atoms with Crippen molar-refractivity contribution in [3.05, 3.63) is 77.1 Å². The van der Waals surface area contributed by atoms with Crippen molar-refractivity contribution in [2.24, 2.45) is 0 Å². The zero-order valence-electron chi connectivity index (χ0n) is 14.5. The summed E-state index contributed by atoms with van der Waals surface area (Å²) in [5, 5.41) is 6.05. The van der Waals surface area contributed by atoms with Crippen molar-refractivity contribution in [3.8, 4) is 0 Å². The van der Waals surface area contributed by atoms with E-state index in [0.717, 1.165) is 28.3 Å². The van der Waals surface area contributed by atoms with Crippen LogP contribution in [-0.2, 0) is 0 Å². The quantitative estimate of drug-likeness (QED) is 0.743. The van der Waals surface area contributed by atoms with Crippen LogP contribution in [0, 0.1) is 20.8 Å². The van der Waals surface area contributed by atoms with Gasteiger partial charge in [0.15, 0.2) is 0 Å². The molecule has 2 N–H and O–H groups in total. The summed E-state index contributed by atoms with van der Waals surface area (Å²) in [6, 6.07) is 16.9. The summed E-state index contributed by atoms with van der Waals surface area (Å²) in [6.45, 7) is 5.85. The fourth-order valence-electron chi connectivity index (χ4n) is 2.49. The zero-order chi connectivity index (χ0) is 17.8. The largest absolute Gasteiger partial charge is 0.324 e. The molecule has 0 saturated carbocycles. The lowest BCUT2D eigenvalue weighted by Crippen LogP contribution is -2.12. The second-order valence-electron chi connectivity index (χ2n) is 6.00. The zero-order valence-corrected chi connectivity index (χ0v) is 14.5. The van der Waals surface area contributed by atoms with Gasteiger partial charge in [0, 0.05) is 28.3 Å². The van der Waals surface area contributed by atoms with Crippen molar-refractivity contribution in [1.82, 2.24) is 9.97 Å². The van der Waals surface area contributed by atoms with Crippen molar-refractivity contribution in [3.63, 3.8) is 0 Å². The van der Waals surface area contributed by atoms with Crippen LogP contribution in [0.4, 0.5) is 17.3 Å². The van der Waals surface area contributed by atoms with E-state index in [2.05, 4.69) is 20.6 Å². The number of aromatic nitrogens is 2. The van der Waals surface area contributed by atoms with Gasteiger partial charge in [0.05, 0.1) is 0 Å². The highest BCUT2D eigenvalue weighted by molar-refractivity contribution is 6.04. The maximum Gasteiger partial charge on any atom is 0.255 e. The van der Waals surface area contributed by atoms with Crippen LogP contribution in [0.2, 0.25) is 0 Å². The highest BCUT2D eigenvalue weighted by Crippen LogP contribution is 2.17. The summed E-state index contributed by atoms with van der Waals surface area (Å²) >= 11 is 0. The maximum absolute atomic E-state index is 12.4. The lowest BCUT2D eigenvalue weighted by molar-refractivity contribution is 0.102. The molecule has 0 atom stereocenters. The van der Waals surface area contributed by atoms with Gasteiger partial charge >= 0.3 is 0 Å². The van der Waals surface area contributed by atoms with Crippen LogP contribution in [0.15, 0.2) is 54.6 Å². The van der Waals surface area contributed by atoms with Crippen LogP contribution < -0.4 is 10.6 Å². The Balaban J connectivity index is 1.76. The Bertz CT molecular complexity index is 884. The minimum absolute atomic E-state index is 0.158.